The molecule has 1 saturated carbocycles. The summed E-state index contributed by atoms with van der Waals surface area (Å²) in [5.41, 5.74) is 0. The van der Waals surface area contributed by atoms with Crippen LogP contribution in [0.5, 0.6) is 0 Å². The molecule has 0 atom stereocenters. The highest BCUT2D eigenvalue weighted by Gasteiger charge is 2.35. The first-order valence-electron chi connectivity index (χ1n) is 3.76. The lowest BCUT2D eigenvalue weighted by Crippen LogP contribution is -2.39. The first kappa shape index (κ1) is 9.14. The zero-order chi connectivity index (χ0) is 8.32. The number of carbonyl (C=O) groups is 1. The summed E-state index contributed by atoms with van der Waals surface area (Å²) in [6.45, 7) is 0. The van der Waals surface area contributed by atoms with Crippen molar-refractivity contribution in [2.75, 3.05) is 0 Å². The van der Waals surface area contributed by atoms with Gasteiger partial charge in [0.05, 0.1) is 0 Å². The molecule has 1 rings (SSSR count). The van der Waals surface area contributed by atoms with Crippen LogP contribution in [-0.2, 0) is 4.79 Å². The Morgan fingerprint density at radius 1 is 1.36 bits per heavy atom. The number of halogens is 2. The Kier molecular flexibility index (Phi) is 3.02. The SMILES string of the molecule is O=CNC(Cl)(Cl)C1CCCC1. The Morgan fingerprint density at radius 3 is 2.36 bits per heavy atom. The van der Waals surface area contributed by atoms with Crippen molar-refractivity contribution in [3.8, 4) is 0 Å². The first-order chi connectivity index (χ1) is 5.17. The van der Waals surface area contributed by atoms with Crippen LogP contribution in [0.2, 0.25) is 0 Å². The Labute approximate surface area is 76.2 Å². The summed E-state index contributed by atoms with van der Waals surface area (Å²) in [7, 11) is 0. The van der Waals surface area contributed by atoms with Crippen molar-refractivity contribution in [3.63, 3.8) is 0 Å². The van der Waals surface area contributed by atoms with Crippen LogP contribution in [0.4, 0.5) is 0 Å². The van der Waals surface area contributed by atoms with Gasteiger partial charge >= 0.3 is 0 Å². The molecule has 0 aromatic rings. The fourth-order valence-corrected chi connectivity index (χ4v) is 2.01. The van der Waals surface area contributed by atoms with Crippen molar-refractivity contribution in [1.82, 2.24) is 5.32 Å². The van der Waals surface area contributed by atoms with Gasteiger partial charge in [0.15, 0.2) is 4.46 Å². The van der Waals surface area contributed by atoms with E-state index in [9.17, 15) is 4.79 Å². The highest BCUT2D eigenvalue weighted by molar-refractivity contribution is 6.48. The second-order valence-corrected chi connectivity index (χ2v) is 4.25. The van der Waals surface area contributed by atoms with Crippen LogP contribution < -0.4 is 5.32 Å². The van der Waals surface area contributed by atoms with Crippen LogP contribution in [0, 0.1) is 5.92 Å². The number of amides is 1. The Bertz CT molecular complexity index is 143. The molecule has 0 heterocycles. The van der Waals surface area contributed by atoms with Crippen molar-refractivity contribution in [2.24, 2.45) is 5.92 Å². The summed E-state index contributed by atoms with van der Waals surface area (Å²) >= 11 is 11.7. The fraction of sp³-hybridized carbons (Fsp3) is 0.857. The summed E-state index contributed by atoms with van der Waals surface area (Å²) < 4.78 is -1.04. The van der Waals surface area contributed by atoms with Crippen LogP contribution in [0.1, 0.15) is 25.7 Å². The second kappa shape index (κ2) is 3.63. The van der Waals surface area contributed by atoms with Crippen LogP contribution in [-0.4, -0.2) is 10.9 Å². The average molecular weight is 196 g/mol. The van der Waals surface area contributed by atoms with E-state index in [0.29, 0.717) is 6.41 Å². The number of hydrogen-bond donors (Lipinski definition) is 1. The van der Waals surface area contributed by atoms with Gasteiger partial charge in [-0.3, -0.25) is 4.79 Å². The highest BCUT2D eigenvalue weighted by Crippen LogP contribution is 2.38. The number of hydrogen-bond acceptors (Lipinski definition) is 1. The van der Waals surface area contributed by atoms with Gasteiger partial charge in [-0.1, -0.05) is 36.0 Å². The number of rotatable bonds is 3. The third-order valence-electron chi connectivity index (χ3n) is 2.12. The molecule has 1 amide bonds. The maximum atomic E-state index is 10.1. The largest absolute Gasteiger partial charge is 0.327 e. The minimum Gasteiger partial charge on any atom is -0.327 e. The smallest absolute Gasteiger partial charge is 0.209 e. The lowest BCUT2D eigenvalue weighted by molar-refractivity contribution is -0.110. The van der Waals surface area contributed by atoms with Gasteiger partial charge < -0.3 is 5.32 Å². The van der Waals surface area contributed by atoms with Crippen LogP contribution in [0.15, 0.2) is 0 Å². The number of carbonyl (C=O) groups excluding carboxylic acids is 1. The van der Waals surface area contributed by atoms with Gasteiger partial charge in [-0.2, -0.15) is 0 Å². The molecule has 0 bridgehead atoms. The van der Waals surface area contributed by atoms with Gasteiger partial charge in [0, 0.05) is 5.92 Å². The predicted octanol–water partition coefficient (Wildman–Crippen LogP) is 2.05. The molecule has 1 N–H and O–H groups in total. The molecule has 0 aliphatic heterocycles. The lowest BCUT2D eigenvalue weighted by Gasteiger charge is -2.25. The summed E-state index contributed by atoms with van der Waals surface area (Å²) in [4.78, 5) is 10.1. The van der Waals surface area contributed by atoms with Gasteiger partial charge in [0.2, 0.25) is 6.41 Å². The molecule has 64 valence electrons. The van der Waals surface area contributed by atoms with Gasteiger partial charge in [-0.25, -0.2) is 0 Å². The molecule has 0 spiro atoms. The minimum absolute atomic E-state index is 0.219. The van der Waals surface area contributed by atoms with Gasteiger partial charge in [0.1, 0.15) is 0 Å². The normalized spacial score (nSPS) is 20.2. The zero-order valence-electron chi connectivity index (χ0n) is 6.15. The number of alkyl halides is 2. The molecular weight excluding hydrogens is 185 g/mol. The van der Waals surface area contributed by atoms with Crippen molar-refractivity contribution < 1.29 is 4.79 Å². The number of nitrogens with one attached hydrogen (secondary N) is 1. The van der Waals surface area contributed by atoms with E-state index in [4.69, 9.17) is 23.2 Å². The van der Waals surface area contributed by atoms with Crippen LogP contribution in [0.3, 0.4) is 0 Å². The predicted molar refractivity (Wildman–Crippen MR) is 45.6 cm³/mol. The molecule has 1 aliphatic rings. The molecule has 11 heavy (non-hydrogen) atoms. The molecule has 0 saturated heterocycles. The van der Waals surface area contributed by atoms with E-state index in [-0.39, 0.29) is 5.92 Å². The Balaban J connectivity index is 2.47. The quantitative estimate of drug-likeness (QED) is 0.417. The van der Waals surface area contributed by atoms with Crippen LogP contribution in [0.25, 0.3) is 0 Å². The van der Waals surface area contributed by atoms with E-state index in [1.807, 2.05) is 0 Å². The molecule has 4 heteroatoms. The Morgan fingerprint density at radius 2 is 1.91 bits per heavy atom. The zero-order valence-corrected chi connectivity index (χ0v) is 7.66. The van der Waals surface area contributed by atoms with Gasteiger partial charge in [-0.05, 0) is 12.8 Å². The van der Waals surface area contributed by atoms with Crippen molar-refractivity contribution in [3.05, 3.63) is 0 Å². The van der Waals surface area contributed by atoms with E-state index in [2.05, 4.69) is 5.32 Å². The third kappa shape index (κ3) is 2.24. The summed E-state index contributed by atoms with van der Waals surface area (Å²) in [6.07, 6.45) is 4.89. The standard InChI is InChI=1S/C7H11Cl2NO/c8-7(9,10-5-11)6-3-1-2-4-6/h5-6H,1-4H2,(H,10,11). The monoisotopic (exact) mass is 195 g/mol. The van der Waals surface area contributed by atoms with Gasteiger partial charge in [0.25, 0.3) is 0 Å². The summed E-state index contributed by atoms with van der Waals surface area (Å²) in [5, 5.41) is 2.41. The van der Waals surface area contributed by atoms with Crippen LogP contribution >= 0.6 is 23.2 Å². The average Bonchev–Trinajstić information content (AvgIpc) is 2.37. The summed E-state index contributed by atoms with van der Waals surface area (Å²) in [6, 6.07) is 0. The topological polar surface area (TPSA) is 29.1 Å². The minimum atomic E-state index is -1.04. The van der Waals surface area contributed by atoms with Crippen molar-refractivity contribution >= 4 is 29.6 Å². The van der Waals surface area contributed by atoms with Crippen molar-refractivity contribution in [1.29, 1.82) is 0 Å². The third-order valence-corrected chi connectivity index (χ3v) is 2.95. The van der Waals surface area contributed by atoms with E-state index >= 15 is 0 Å². The summed E-state index contributed by atoms with van der Waals surface area (Å²) in [5.74, 6) is 0.219. The van der Waals surface area contributed by atoms with E-state index in [0.717, 1.165) is 25.7 Å². The first-order valence-corrected chi connectivity index (χ1v) is 4.51. The maximum Gasteiger partial charge on any atom is 0.209 e. The molecule has 1 fully saturated rings. The molecule has 0 aromatic carbocycles. The van der Waals surface area contributed by atoms with E-state index in [1.165, 1.54) is 0 Å². The maximum absolute atomic E-state index is 10.1. The molecule has 0 radical (unpaired) electrons. The second-order valence-electron chi connectivity index (χ2n) is 2.87. The Hall–Kier alpha value is 0.0500. The molecule has 0 unspecified atom stereocenters. The van der Waals surface area contributed by atoms with E-state index in [1.54, 1.807) is 0 Å². The lowest BCUT2D eigenvalue weighted by atomic mass is 10.1. The van der Waals surface area contributed by atoms with Gasteiger partial charge in [-0.15, -0.1) is 0 Å². The molecule has 0 aromatic heterocycles. The molecule has 2 nitrogen and oxygen atoms in total. The fourth-order valence-electron chi connectivity index (χ4n) is 1.48. The molecule has 1 aliphatic carbocycles. The van der Waals surface area contributed by atoms with E-state index < -0.39 is 4.46 Å². The highest BCUT2D eigenvalue weighted by atomic mass is 35.5. The molecular formula is C7H11Cl2NO. The van der Waals surface area contributed by atoms with Crippen molar-refractivity contribution in [2.45, 2.75) is 30.1 Å².